The topological polar surface area (TPSA) is 55.3 Å². The number of amides is 1. The van der Waals surface area contributed by atoms with Crippen molar-refractivity contribution in [1.82, 2.24) is 14.9 Å². The molecule has 1 aromatic carbocycles. The van der Waals surface area contributed by atoms with Gasteiger partial charge in [-0.05, 0) is 54.8 Å². The van der Waals surface area contributed by atoms with E-state index in [1.807, 2.05) is 23.1 Å². The third kappa shape index (κ3) is 4.62. The van der Waals surface area contributed by atoms with Gasteiger partial charge in [0.15, 0.2) is 0 Å². The number of pyridine rings is 2. The minimum absolute atomic E-state index is 0.0737. The van der Waals surface area contributed by atoms with E-state index >= 15 is 0 Å². The lowest BCUT2D eigenvalue weighted by Gasteiger charge is -2.32. The zero-order valence-corrected chi connectivity index (χ0v) is 16.6. The van der Waals surface area contributed by atoms with Crippen molar-refractivity contribution in [2.45, 2.75) is 25.2 Å². The first-order chi connectivity index (χ1) is 14.2. The Labute approximate surface area is 171 Å². The standard InChI is InChI=1S/C24H25N3O2/c1-29-22-8-2-5-18(16-22)15-21-7-3-9-23(26-21)20-6-4-14-27(17-20)24(28)19-10-12-25-13-11-19/h2-3,5,7-13,16,20H,4,6,14-15,17H2,1H3. The first-order valence-corrected chi connectivity index (χ1v) is 10.0. The van der Waals surface area contributed by atoms with Gasteiger partial charge in [-0.1, -0.05) is 18.2 Å². The molecule has 1 atom stereocenters. The lowest BCUT2D eigenvalue weighted by molar-refractivity contribution is 0.0705. The van der Waals surface area contributed by atoms with Crippen LogP contribution in [0.1, 0.15) is 46.1 Å². The summed E-state index contributed by atoms with van der Waals surface area (Å²) >= 11 is 0. The molecule has 1 saturated heterocycles. The minimum atomic E-state index is 0.0737. The van der Waals surface area contributed by atoms with Gasteiger partial charge in [0.25, 0.3) is 5.91 Å². The Morgan fingerprint density at radius 3 is 2.79 bits per heavy atom. The summed E-state index contributed by atoms with van der Waals surface area (Å²) in [4.78, 5) is 23.7. The number of hydrogen-bond donors (Lipinski definition) is 0. The van der Waals surface area contributed by atoms with E-state index in [1.54, 1.807) is 31.6 Å². The zero-order chi connectivity index (χ0) is 20.1. The van der Waals surface area contributed by atoms with E-state index in [9.17, 15) is 4.79 Å². The van der Waals surface area contributed by atoms with E-state index in [0.717, 1.165) is 42.9 Å². The summed E-state index contributed by atoms with van der Waals surface area (Å²) in [6.45, 7) is 1.50. The van der Waals surface area contributed by atoms with Crippen molar-refractivity contribution in [2.75, 3.05) is 20.2 Å². The summed E-state index contributed by atoms with van der Waals surface area (Å²) < 4.78 is 5.32. The number of nitrogens with zero attached hydrogens (tertiary/aromatic N) is 3. The lowest BCUT2D eigenvalue weighted by Crippen LogP contribution is -2.39. The molecule has 2 aromatic heterocycles. The fourth-order valence-electron chi connectivity index (χ4n) is 3.90. The van der Waals surface area contributed by atoms with Crippen LogP contribution in [0.4, 0.5) is 0 Å². The van der Waals surface area contributed by atoms with Crippen LogP contribution in [0, 0.1) is 0 Å². The molecule has 1 aliphatic heterocycles. The van der Waals surface area contributed by atoms with E-state index in [1.165, 1.54) is 5.56 Å². The van der Waals surface area contributed by atoms with E-state index in [2.05, 4.69) is 29.2 Å². The van der Waals surface area contributed by atoms with Crippen molar-refractivity contribution in [3.8, 4) is 5.75 Å². The number of benzene rings is 1. The molecule has 0 N–H and O–H groups in total. The summed E-state index contributed by atoms with van der Waals surface area (Å²) in [6, 6.07) is 17.9. The van der Waals surface area contributed by atoms with Gasteiger partial charge in [0.1, 0.15) is 5.75 Å². The second-order valence-corrected chi connectivity index (χ2v) is 7.41. The quantitative estimate of drug-likeness (QED) is 0.662. The molecule has 1 aliphatic rings. The summed E-state index contributed by atoms with van der Waals surface area (Å²) in [6.07, 6.45) is 6.13. The molecule has 0 saturated carbocycles. The molecule has 3 heterocycles. The average Bonchev–Trinajstić information content (AvgIpc) is 2.79. The molecule has 148 valence electrons. The summed E-state index contributed by atoms with van der Waals surface area (Å²) in [5.74, 6) is 1.20. The molecule has 0 bridgehead atoms. The van der Waals surface area contributed by atoms with Crippen LogP contribution < -0.4 is 4.74 Å². The first kappa shape index (κ1) is 19.1. The van der Waals surface area contributed by atoms with Crippen molar-refractivity contribution in [1.29, 1.82) is 0 Å². The molecule has 0 spiro atoms. The number of aromatic nitrogens is 2. The minimum Gasteiger partial charge on any atom is -0.497 e. The van der Waals surface area contributed by atoms with E-state index in [-0.39, 0.29) is 11.8 Å². The van der Waals surface area contributed by atoms with Crippen LogP contribution in [-0.4, -0.2) is 41.0 Å². The van der Waals surface area contributed by atoms with Crippen molar-refractivity contribution in [2.24, 2.45) is 0 Å². The predicted octanol–water partition coefficient (Wildman–Crippen LogP) is 4.10. The summed E-state index contributed by atoms with van der Waals surface area (Å²) in [7, 11) is 1.68. The number of methoxy groups -OCH3 is 1. The van der Waals surface area contributed by atoms with Crippen LogP contribution in [0.2, 0.25) is 0 Å². The van der Waals surface area contributed by atoms with Gasteiger partial charge in [-0.25, -0.2) is 0 Å². The van der Waals surface area contributed by atoms with Gasteiger partial charge in [-0.3, -0.25) is 14.8 Å². The number of hydrogen-bond acceptors (Lipinski definition) is 4. The second-order valence-electron chi connectivity index (χ2n) is 7.41. The Balaban J connectivity index is 1.48. The lowest BCUT2D eigenvalue weighted by atomic mass is 9.93. The fourth-order valence-corrected chi connectivity index (χ4v) is 3.90. The van der Waals surface area contributed by atoms with Crippen LogP contribution >= 0.6 is 0 Å². The summed E-state index contributed by atoms with van der Waals surface area (Å²) in [5, 5.41) is 0. The van der Waals surface area contributed by atoms with Gasteiger partial charge in [0.05, 0.1) is 7.11 Å². The van der Waals surface area contributed by atoms with Crippen molar-refractivity contribution in [3.05, 3.63) is 89.5 Å². The SMILES string of the molecule is COc1cccc(Cc2cccc(C3CCCN(C(=O)c4ccncc4)C3)n2)c1. The largest absolute Gasteiger partial charge is 0.497 e. The van der Waals surface area contributed by atoms with Gasteiger partial charge < -0.3 is 9.64 Å². The molecule has 1 amide bonds. The Kier molecular flexibility index (Phi) is 5.84. The van der Waals surface area contributed by atoms with Crippen LogP contribution in [0.15, 0.2) is 67.0 Å². The number of piperidine rings is 1. The zero-order valence-electron chi connectivity index (χ0n) is 16.6. The van der Waals surface area contributed by atoms with Crippen LogP contribution in [0.5, 0.6) is 5.75 Å². The van der Waals surface area contributed by atoms with E-state index in [0.29, 0.717) is 12.1 Å². The third-order valence-corrected chi connectivity index (χ3v) is 5.40. The van der Waals surface area contributed by atoms with Crippen molar-refractivity contribution in [3.63, 3.8) is 0 Å². The fraction of sp³-hybridized carbons (Fsp3) is 0.292. The van der Waals surface area contributed by atoms with Gasteiger partial charge in [-0.15, -0.1) is 0 Å². The van der Waals surface area contributed by atoms with Gasteiger partial charge >= 0.3 is 0 Å². The highest BCUT2D eigenvalue weighted by molar-refractivity contribution is 5.94. The molecule has 29 heavy (non-hydrogen) atoms. The van der Waals surface area contributed by atoms with Gasteiger partial charge in [-0.2, -0.15) is 0 Å². The number of carbonyl (C=O) groups excluding carboxylic acids is 1. The maximum Gasteiger partial charge on any atom is 0.253 e. The van der Waals surface area contributed by atoms with E-state index in [4.69, 9.17) is 9.72 Å². The monoisotopic (exact) mass is 387 g/mol. The highest BCUT2D eigenvalue weighted by atomic mass is 16.5. The Bertz CT molecular complexity index is 975. The smallest absolute Gasteiger partial charge is 0.253 e. The predicted molar refractivity (Wildman–Crippen MR) is 112 cm³/mol. The molecule has 4 rings (SSSR count). The second kappa shape index (κ2) is 8.86. The molecule has 5 heteroatoms. The van der Waals surface area contributed by atoms with Gasteiger partial charge in [0, 0.05) is 54.8 Å². The molecule has 0 aliphatic carbocycles. The van der Waals surface area contributed by atoms with Gasteiger partial charge in [0.2, 0.25) is 0 Å². The molecule has 0 radical (unpaired) electrons. The summed E-state index contributed by atoms with van der Waals surface area (Å²) in [5.41, 5.74) is 3.97. The Hall–Kier alpha value is -3.21. The number of ether oxygens (including phenoxy) is 1. The average molecular weight is 387 g/mol. The van der Waals surface area contributed by atoms with Crippen LogP contribution in [0.3, 0.4) is 0 Å². The normalized spacial score (nSPS) is 16.4. The molecule has 1 fully saturated rings. The highest BCUT2D eigenvalue weighted by Crippen LogP contribution is 2.27. The van der Waals surface area contributed by atoms with E-state index < -0.39 is 0 Å². The highest BCUT2D eigenvalue weighted by Gasteiger charge is 2.26. The molecular formula is C24H25N3O2. The maximum absolute atomic E-state index is 12.8. The number of rotatable bonds is 5. The molecule has 1 unspecified atom stereocenters. The molecular weight excluding hydrogens is 362 g/mol. The van der Waals surface area contributed by atoms with Crippen LogP contribution in [0.25, 0.3) is 0 Å². The number of likely N-dealkylation sites (tertiary alicyclic amines) is 1. The molecule has 3 aromatic rings. The van der Waals surface area contributed by atoms with Crippen molar-refractivity contribution < 1.29 is 9.53 Å². The Morgan fingerprint density at radius 2 is 1.97 bits per heavy atom. The first-order valence-electron chi connectivity index (χ1n) is 10.0. The van der Waals surface area contributed by atoms with Crippen molar-refractivity contribution >= 4 is 5.91 Å². The Morgan fingerprint density at radius 1 is 1.14 bits per heavy atom. The third-order valence-electron chi connectivity index (χ3n) is 5.40. The maximum atomic E-state index is 12.8. The van der Waals surface area contributed by atoms with Crippen LogP contribution in [-0.2, 0) is 6.42 Å². The molecule has 5 nitrogen and oxygen atoms in total. The number of carbonyl (C=O) groups is 1.